The van der Waals surface area contributed by atoms with E-state index in [2.05, 4.69) is 4.74 Å². The summed E-state index contributed by atoms with van der Waals surface area (Å²) in [7, 11) is 0. The van der Waals surface area contributed by atoms with Gasteiger partial charge in [0.1, 0.15) is 5.75 Å². The molecule has 2 unspecified atom stereocenters. The third-order valence-electron chi connectivity index (χ3n) is 3.75. The van der Waals surface area contributed by atoms with Crippen LogP contribution in [0.2, 0.25) is 0 Å². The summed E-state index contributed by atoms with van der Waals surface area (Å²) < 4.78 is 40.1. The lowest BCUT2D eigenvalue weighted by atomic mass is 9.91. The topological polar surface area (TPSA) is 35.2 Å². The standard InChI is InChI=1S/C15H20F3NO/c16-15(17,18)20-14-7-5-11(6-8-14)9-12-3-1-2-4-13(19)10-12/h5-8,12-13H,1-4,9-10,19H2. The molecule has 1 aliphatic carbocycles. The van der Waals surface area contributed by atoms with E-state index in [0.717, 1.165) is 31.2 Å². The van der Waals surface area contributed by atoms with E-state index in [4.69, 9.17) is 5.73 Å². The predicted octanol–water partition coefficient (Wildman–Crippen LogP) is 4.04. The number of nitrogens with two attached hydrogens (primary N) is 1. The van der Waals surface area contributed by atoms with Gasteiger partial charge >= 0.3 is 6.36 Å². The Morgan fingerprint density at radius 2 is 1.75 bits per heavy atom. The third-order valence-corrected chi connectivity index (χ3v) is 3.75. The minimum atomic E-state index is -4.63. The predicted molar refractivity (Wildman–Crippen MR) is 71.4 cm³/mol. The van der Waals surface area contributed by atoms with Gasteiger partial charge in [-0.1, -0.05) is 31.4 Å². The largest absolute Gasteiger partial charge is 0.573 e. The first-order valence-corrected chi connectivity index (χ1v) is 7.02. The van der Waals surface area contributed by atoms with Crippen LogP contribution in [0.4, 0.5) is 13.2 Å². The highest BCUT2D eigenvalue weighted by atomic mass is 19.4. The van der Waals surface area contributed by atoms with Crippen molar-refractivity contribution in [3.05, 3.63) is 29.8 Å². The second-order valence-corrected chi connectivity index (χ2v) is 5.54. The molecular formula is C15H20F3NO. The van der Waals surface area contributed by atoms with Gasteiger partial charge in [0.05, 0.1) is 0 Å². The van der Waals surface area contributed by atoms with E-state index >= 15 is 0 Å². The van der Waals surface area contributed by atoms with Crippen molar-refractivity contribution in [3.8, 4) is 5.75 Å². The lowest BCUT2D eigenvalue weighted by molar-refractivity contribution is -0.274. The molecule has 0 saturated heterocycles. The van der Waals surface area contributed by atoms with E-state index in [9.17, 15) is 13.2 Å². The Hall–Kier alpha value is -1.23. The minimum absolute atomic E-state index is 0.168. The number of halogens is 3. The van der Waals surface area contributed by atoms with Gasteiger partial charge in [0.25, 0.3) is 0 Å². The summed E-state index contributed by atoms with van der Waals surface area (Å²) in [4.78, 5) is 0. The zero-order valence-electron chi connectivity index (χ0n) is 11.3. The van der Waals surface area contributed by atoms with Crippen LogP contribution in [0, 0.1) is 5.92 Å². The number of hydrogen-bond acceptors (Lipinski definition) is 2. The zero-order chi connectivity index (χ0) is 14.6. The Labute approximate surface area is 117 Å². The van der Waals surface area contributed by atoms with E-state index in [1.807, 2.05) is 0 Å². The zero-order valence-corrected chi connectivity index (χ0v) is 11.3. The fourth-order valence-corrected chi connectivity index (χ4v) is 2.85. The van der Waals surface area contributed by atoms with E-state index in [1.165, 1.54) is 25.0 Å². The van der Waals surface area contributed by atoms with E-state index in [0.29, 0.717) is 5.92 Å². The number of hydrogen-bond donors (Lipinski definition) is 1. The fourth-order valence-electron chi connectivity index (χ4n) is 2.85. The quantitative estimate of drug-likeness (QED) is 0.852. The molecule has 0 aromatic heterocycles. The molecule has 2 rings (SSSR count). The van der Waals surface area contributed by atoms with Gasteiger partial charge < -0.3 is 10.5 Å². The molecule has 1 aromatic rings. The summed E-state index contributed by atoms with van der Waals surface area (Å²) in [5.74, 6) is 0.362. The average molecular weight is 287 g/mol. The van der Waals surface area contributed by atoms with Gasteiger partial charge in [-0.2, -0.15) is 0 Å². The first-order chi connectivity index (χ1) is 9.42. The first kappa shape index (κ1) is 15.2. The fraction of sp³-hybridized carbons (Fsp3) is 0.600. The molecule has 0 radical (unpaired) electrons. The molecule has 0 spiro atoms. The van der Waals surface area contributed by atoms with Crippen LogP contribution in [-0.2, 0) is 6.42 Å². The normalized spacial score (nSPS) is 24.2. The maximum atomic E-state index is 12.1. The van der Waals surface area contributed by atoms with Crippen LogP contribution >= 0.6 is 0 Å². The van der Waals surface area contributed by atoms with Gasteiger partial charge in [0.2, 0.25) is 0 Å². The second-order valence-electron chi connectivity index (χ2n) is 5.54. The van der Waals surface area contributed by atoms with Gasteiger partial charge in [-0.25, -0.2) is 0 Å². The summed E-state index contributed by atoms with van der Waals surface area (Å²) in [5, 5.41) is 0. The molecule has 1 fully saturated rings. The van der Waals surface area contributed by atoms with Crippen LogP contribution in [-0.4, -0.2) is 12.4 Å². The van der Waals surface area contributed by atoms with E-state index in [1.54, 1.807) is 12.1 Å². The Bertz CT molecular complexity index is 416. The number of rotatable bonds is 3. The molecule has 0 heterocycles. The highest BCUT2D eigenvalue weighted by Gasteiger charge is 2.31. The summed E-state index contributed by atoms with van der Waals surface area (Å²) in [6.45, 7) is 0. The van der Waals surface area contributed by atoms with Crippen molar-refractivity contribution in [1.82, 2.24) is 0 Å². The van der Waals surface area contributed by atoms with Crippen molar-refractivity contribution < 1.29 is 17.9 Å². The summed E-state index contributed by atoms with van der Waals surface area (Å²) in [6.07, 6.45) is 1.84. The van der Waals surface area contributed by atoms with Crippen molar-refractivity contribution in [2.75, 3.05) is 0 Å². The van der Waals surface area contributed by atoms with E-state index < -0.39 is 6.36 Å². The number of benzene rings is 1. The molecule has 0 bridgehead atoms. The van der Waals surface area contributed by atoms with Crippen molar-refractivity contribution in [1.29, 1.82) is 0 Å². The van der Waals surface area contributed by atoms with Gasteiger partial charge in [0, 0.05) is 6.04 Å². The molecule has 0 aliphatic heterocycles. The van der Waals surface area contributed by atoms with Crippen LogP contribution < -0.4 is 10.5 Å². The Morgan fingerprint density at radius 1 is 1.10 bits per heavy atom. The highest BCUT2D eigenvalue weighted by molar-refractivity contribution is 5.27. The minimum Gasteiger partial charge on any atom is -0.406 e. The smallest absolute Gasteiger partial charge is 0.406 e. The first-order valence-electron chi connectivity index (χ1n) is 7.02. The molecule has 1 saturated carbocycles. The number of ether oxygens (including phenoxy) is 1. The third kappa shape index (κ3) is 5.04. The second kappa shape index (κ2) is 6.48. The van der Waals surface area contributed by atoms with Gasteiger partial charge in [-0.15, -0.1) is 13.2 Å². The van der Waals surface area contributed by atoms with Gasteiger partial charge in [-0.05, 0) is 42.9 Å². The summed E-state index contributed by atoms with van der Waals surface area (Å²) in [6, 6.07) is 6.42. The molecule has 20 heavy (non-hydrogen) atoms. The molecule has 1 aliphatic rings. The molecule has 112 valence electrons. The molecule has 2 N–H and O–H groups in total. The summed E-state index contributed by atoms with van der Waals surface area (Å²) >= 11 is 0. The van der Waals surface area contributed by atoms with Crippen LogP contribution in [0.25, 0.3) is 0 Å². The average Bonchev–Trinajstić information content (AvgIpc) is 2.54. The molecule has 2 atom stereocenters. The molecule has 0 amide bonds. The van der Waals surface area contributed by atoms with Crippen molar-refractivity contribution in [2.24, 2.45) is 11.7 Å². The lowest BCUT2D eigenvalue weighted by Crippen LogP contribution is -2.22. The van der Waals surface area contributed by atoms with Crippen LogP contribution in [0.1, 0.15) is 37.7 Å². The van der Waals surface area contributed by atoms with Crippen LogP contribution in [0.15, 0.2) is 24.3 Å². The van der Waals surface area contributed by atoms with Crippen molar-refractivity contribution >= 4 is 0 Å². The Morgan fingerprint density at radius 3 is 2.40 bits per heavy atom. The number of alkyl halides is 3. The summed E-state index contributed by atoms with van der Waals surface area (Å²) in [5.41, 5.74) is 7.07. The lowest BCUT2D eigenvalue weighted by Gasteiger charge is -2.17. The maximum Gasteiger partial charge on any atom is 0.573 e. The molecule has 2 nitrogen and oxygen atoms in total. The Balaban J connectivity index is 1.93. The Kier molecular flexibility index (Phi) is 4.91. The maximum absolute atomic E-state index is 12.1. The van der Waals surface area contributed by atoms with Gasteiger partial charge in [-0.3, -0.25) is 0 Å². The molecular weight excluding hydrogens is 267 g/mol. The monoisotopic (exact) mass is 287 g/mol. The SMILES string of the molecule is NC1CCCCC(Cc2ccc(OC(F)(F)F)cc2)C1. The highest BCUT2D eigenvalue weighted by Crippen LogP contribution is 2.27. The molecule has 5 heteroatoms. The molecule has 1 aromatic carbocycles. The van der Waals surface area contributed by atoms with E-state index in [-0.39, 0.29) is 11.8 Å². The van der Waals surface area contributed by atoms with Crippen molar-refractivity contribution in [2.45, 2.75) is 50.9 Å². The van der Waals surface area contributed by atoms with Crippen LogP contribution in [0.5, 0.6) is 5.75 Å². The van der Waals surface area contributed by atoms with Crippen LogP contribution in [0.3, 0.4) is 0 Å². The van der Waals surface area contributed by atoms with Gasteiger partial charge in [0.15, 0.2) is 0 Å². The van der Waals surface area contributed by atoms with Crippen molar-refractivity contribution in [3.63, 3.8) is 0 Å².